The number of halogens is 2. The van der Waals surface area contributed by atoms with Crippen LogP contribution in [0.3, 0.4) is 0 Å². The molecule has 0 saturated carbocycles. The largest absolute Gasteiger partial charge is 0.232 e. The first kappa shape index (κ1) is 11.6. The normalized spacial score (nSPS) is 10.4. The second-order valence-electron chi connectivity index (χ2n) is 3.32. The standard InChI is InChI=1S/C12H10BrClN2/c1-2-9-10(13)11(14)16-12(15-9)8-6-4-3-5-7-8/h3-7H,2H2,1H3. The van der Waals surface area contributed by atoms with Crippen LogP contribution in [-0.4, -0.2) is 9.97 Å². The minimum Gasteiger partial charge on any atom is -0.232 e. The lowest BCUT2D eigenvalue weighted by molar-refractivity contribution is 0.991. The Hall–Kier alpha value is -0.930. The van der Waals surface area contributed by atoms with E-state index in [1.165, 1.54) is 0 Å². The minimum atomic E-state index is 0.464. The van der Waals surface area contributed by atoms with E-state index < -0.39 is 0 Å². The van der Waals surface area contributed by atoms with E-state index in [0.29, 0.717) is 11.0 Å². The van der Waals surface area contributed by atoms with Crippen molar-refractivity contribution in [3.8, 4) is 11.4 Å². The molecule has 2 rings (SSSR count). The second-order valence-corrected chi connectivity index (χ2v) is 4.47. The maximum absolute atomic E-state index is 6.05. The molecule has 0 saturated heterocycles. The van der Waals surface area contributed by atoms with E-state index in [1.807, 2.05) is 37.3 Å². The molecule has 0 amide bonds. The first-order valence-corrected chi connectivity index (χ1v) is 6.16. The summed E-state index contributed by atoms with van der Waals surface area (Å²) in [6.07, 6.45) is 0.822. The summed E-state index contributed by atoms with van der Waals surface area (Å²) in [6.45, 7) is 2.04. The third kappa shape index (κ3) is 2.25. The Morgan fingerprint density at radius 3 is 2.50 bits per heavy atom. The van der Waals surface area contributed by atoms with Gasteiger partial charge < -0.3 is 0 Å². The van der Waals surface area contributed by atoms with Gasteiger partial charge in [-0.3, -0.25) is 0 Å². The minimum absolute atomic E-state index is 0.464. The van der Waals surface area contributed by atoms with Crippen LogP contribution in [0, 0.1) is 0 Å². The van der Waals surface area contributed by atoms with Gasteiger partial charge in [-0.05, 0) is 22.4 Å². The predicted molar refractivity (Wildman–Crippen MR) is 69.6 cm³/mol. The number of nitrogens with zero attached hydrogens (tertiary/aromatic N) is 2. The topological polar surface area (TPSA) is 25.8 Å². The number of benzene rings is 1. The van der Waals surface area contributed by atoms with Gasteiger partial charge in [0.15, 0.2) is 5.82 Å². The van der Waals surface area contributed by atoms with Crippen molar-refractivity contribution in [2.24, 2.45) is 0 Å². The zero-order valence-corrected chi connectivity index (χ0v) is 11.1. The van der Waals surface area contributed by atoms with Crippen molar-refractivity contribution in [1.29, 1.82) is 0 Å². The number of hydrogen-bond acceptors (Lipinski definition) is 2. The van der Waals surface area contributed by atoms with E-state index >= 15 is 0 Å². The first-order valence-electron chi connectivity index (χ1n) is 4.99. The van der Waals surface area contributed by atoms with Crippen molar-refractivity contribution < 1.29 is 0 Å². The van der Waals surface area contributed by atoms with Gasteiger partial charge in [-0.1, -0.05) is 48.9 Å². The molecule has 1 aromatic carbocycles. The monoisotopic (exact) mass is 296 g/mol. The zero-order chi connectivity index (χ0) is 11.5. The number of hydrogen-bond donors (Lipinski definition) is 0. The molecule has 1 aromatic heterocycles. The molecule has 0 aliphatic rings. The van der Waals surface area contributed by atoms with Crippen LogP contribution in [0.15, 0.2) is 34.8 Å². The molecule has 0 spiro atoms. The molecule has 2 nitrogen and oxygen atoms in total. The van der Waals surface area contributed by atoms with Gasteiger partial charge in [-0.25, -0.2) is 9.97 Å². The van der Waals surface area contributed by atoms with Crippen LogP contribution in [0.25, 0.3) is 11.4 Å². The van der Waals surface area contributed by atoms with Crippen molar-refractivity contribution in [2.45, 2.75) is 13.3 Å². The molecular weight excluding hydrogens is 288 g/mol. The van der Waals surface area contributed by atoms with Gasteiger partial charge in [0.2, 0.25) is 0 Å². The van der Waals surface area contributed by atoms with E-state index in [-0.39, 0.29) is 0 Å². The van der Waals surface area contributed by atoms with E-state index in [4.69, 9.17) is 11.6 Å². The Labute approximate surface area is 108 Å². The first-order chi connectivity index (χ1) is 7.72. The quantitative estimate of drug-likeness (QED) is 0.779. The highest BCUT2D eigenvalue weighted by atomic mass is 79.9. The SMILES string of the molecule is CCc1nc(-c2ccccc2)nc(Cl)c1Br. The van der Waals surface area contributed by atoms with Crippen LogP contribution >= 0.6 is 27.5 Å². The van der Waals surface area contributed by atoms with Crippen LogP contribution in [0.4, 0.5) is 0 Å². The second kappa shape index (κ2) is 4.93. The molecule has 0 unspecified atom stereocenters. The molecular formula is C12H10BrClN2. The van der Waals surface area contributed by atoms with Gasteiger partial charge >= 0.3 is 0 Å². The molecule has 0 bridgehead atoms. The molecule has 16 heavy (non-hydrogen) atoms. The fourth-order valence-electron chi connectivity index (χ4n) is 1.41. The zero-order valence-electron chi connectivity index (χ0n) is 8.74. The summed E-state index contributed by atoms with van der Waals surface area (Å²) in [5.41, 5.74) is 1.91. The summed E-state index contributed by atoms with van der Waals surface area (Å²) in [5.74, 6) is 0.672. The maximum atomic E-state index is 6.05. The molecule has 0 atom stereocenters. The van der Waals surface area contributed by atoms with Gasteiger partial charge in [0.1, 0.15) is 5.15 Å². The Balaban J connectivity index is 2.55. The number of aromatic nitrogens is 2. The molecule has 2 aromatic rings. The van der Waals surface area contributed by atoms with Crippen LogP contribution < -0.4 is 0 Å². The Morgan fingerprint density at radius 1 is 1.19 bits per heavy atom. The Bertz CT molecular complexity index is 500. The molecule has 4 heteroatoms. The average molecular weight is 298 g/mol. The van der Waals surface area contributed by atoms with Gasteiger partial charge in [0.25, 0.3) is 0 Å². The number of rotatable bonds is 2. The lowest BCUT2D eigenvalue weighted by Gasteiger charge is -2.06. The van der Waals surface area contributed by atoms with Gasteiger partial charge in [0.05, 0.1) is 10.2 Å². The lowest BCUT2D eigenvalue weighted by atomic mass is 10.2. The maximum Gasteiger partial charge on any atom is 0.161 e. The fraction of sp³-hybridized carbons (Fsp3) is 0.167. The Kier molecular flexibility index (Phi) is 3.56. The summed E-state index contributed by atoms with van der Waals surface area (Å²) in [6, 6.07) is 9.82. The lowest BCUT2D eigenvalue weighted by Crippen LogP contribution is -1.97. The molecule has 0 aliphatic carbocycles. The van der Waals surface area contributed by atoms with Crippen LogP contribution in [-0.2, 0) is 6.42 Å². The highest BCUT2D eigenvalue weighted by Gasteiger charge is 2.10. The van der Waals surface area contributed by atoms with Crippen LogP contribution in [0.5, 0.6) is 0 Å². The van der Waals surface area contributed by atoms with E-state index in [9.17, 15) is 0 Å². The van der Waals surface area contributed by atoms with E-state index in [0.717, 1.165) is 22.2 Å². The predicted octanol–water partition coefficient (Wildman–Crippen LogP) is 4.12. The summed E-state index contributed by atoms with van der Waals surface area (Å²) in [5, 5.41) is 0.464. The molecule has 0 radical (unpaired) electrons. The highest BCUT2D eigenvalue weighted by molar-refractivity contribution is 9.10. The van der Waals surface area contributed by atoms with Crippen molar-refractivity contribution >= 4 is 27.5 Å². The molecule has 0 fully saturated rings. The van der Waals surface area contributed by atoms with Gasteiger partial charge in [0, 0.05) is 5.56 Å². The van der Waals surface area contributed by atoms with Crippen molar-refractivity contribution in [2.75, 3.05) is 0 Å². The van der Waals surface area contributed by atoms with Crippen LogP contribution in [0.1, 0.15) is 12.6 Å². The third-order valence-corrected chi connectivity index (χ3v) is 3.58. The molecule has 0 N–H and O–H groups in total. The van der Waals surface area contributed by atoms with Crippen molar-refractivity contribution in [3.63, 3.8) is 0 Å². The molecule has 0 aliphatic heterocycles. The van der Waals surface area contributed by atoms with Crippen molar-refractivity contribution in [1.82, 2.24) is 9.97 Å². The van der Waals surface area contributed by atoms with Gasteiger partial charge in [-0.2, -0.15) is 0 Å². The molecule has 82 valence electrons. The summed E-state index contributed by atoms with van der Waals surface area (Å²) >= 11 is 9.44. The smallest absolute Gasteiger partial charge is 0.161 e. The molecule has 1 heterocycles. The van der Waals surface area contributed by atoms with E-state index in [1.54, 1.807) is 0 Å². The Morgan fingerprint density at radius 2 is 1.88 bits per heavy atom. The summed E-state index contributed by atoms with van der Waals surface area (Å²) in [4.78, 5) is 8.74. The van der Waals surface area contributed by atoms with Crippen molar-refractivity contribution in [3.05, 3.63) is 45.7 Å². The highest BCUT2D eigenvalue weighted by Crippen LogP contribution is 2.26. The van der Waals surface area contributed by atoms with Gasteiger partial charge in [-0.15, -0.1) is 0 Å². The number of aryl methyl sites for hydroxylation is 1. The van der Waals surface area contributed by atoms with Crippen LogP contribution in [0.2, 0.25) is 5.15 Å². The summed E-state index contributed by atoms with van der Waals surface area (Å²) in [7, 11) is 0. The van der Waals surface area contributed by atoms with E-state index in [2.05, 4.69) is 25.9 Å². The summed E-state index contributed by atoms with van der Waals surface area (Å²) < 4.78 is 0.788. The average Bonchev–Trinajstić information content (AvgIpc) is 2.33. The fourth-order valence-corrected chi connectivity index (χ4v) is 2.06. The third-order valence-electron chi connectivity index (χ3n) is 2.25.